The number of nitrogens with zero attached hydrogens (tertiary/aromatic N) is 4. The first-order chi connectivity index (χ1) is 15.8. The summed E-state index contributed by atoms with van der Waals surface area (Å²) in [6.45, 7) is 4.56. The van der Waals surface area contributed by atoms with E-state index in [4.69, 9.17) is 0 Å². The summed E-state index contributed by atoms with van der Waals surface area (Å²) in [6.07, 6.45) is 2.88. The normalized spacial score (nSPS) is 19.8. The molecular formula is C24H28N4O3S2. The maximum atomic E-state index is 13.2. The Kier molecular flexibility index (Phi) is 5.95. The van der Waals surface area contributed by atoms with Crippen LogP contribution in [0.5, 0.6) is 0 Å². The molecule has 1 atom stereocenters. The molecule has 33 heavy (non-hydrogen) atoms. The third-order valence-electron chi connectivity index (χ3n) is 6.56. The van der Waals surface area contributed by atoms with Crippen LogP contribution in [0.3, 0.4) is 0 Å². The third-order valence-corrected chi connectivity index (χ3v) is 9.28. The number of Topliss-reactive ketones (excluding diaryl/α,β-unsaturated/α-hetero) is 1. The minimum Gasteiger partial charge on any atom is -0.344 e. The van der Waals surface area contributed by atoms with Crippen LogP contribution in [0, 0.1) is 13.8 Å². The van der Waals surface area contributed by atoms with E-state index in [1.807, 2.05) is 42.7 Å². The molecule has 3 aromatic rings. The lowest BCUT2D eigenvalue weighted by Crippen LogP contribution is -2.14. The quantitative estimate of drug-likeness (QED) is 0.355. The number of carbonyl (C=O) groups is 1. The summed E-state index contributed by atoms with van der Waals surface area (Å²) in [7, 11) is -2.99. The molecule has 1 aromatic carbocycles. The van der Waals surface area contributed by atoms with Gasteiger partial charge < -0.3 is 9.13 Å². The van der Waals surface area contributed by atoms with Crippen LogP contribution in [0.2, 0.25) is 0 Å². The maximum Gasteiger partial charge on any atom is 0.191 e. The lowest BCUT2D eigenvalue weighted by Gasteiger charge is -2.16. The van der Waals surface area contributed by atoms with Crippen molar-refractivity contribution < 1.29 is 13.2 Å². The number of benzene rings is 1. The highest BCUT2D eigenvalue weighted by molar-refractivity contribution is 7.99. The summed E-state index contributed by atoms with van der Waals surface area (Å²) in [5, 5.41) is 9.63. The number of rotatable bonds is 8. The minimum atomic E-state index is -2.99. The Morgan fingerprint density at radius 1 is 1.12 bits per heavy atom. The number of hydrogen-bond acceptors (Lipinski definition) is 6. The van der Waals surface area contributed by atoms with Gasteiger partial charge in [-0.3, -0.25) is 4.79 Å². The van der Waals surface area contributed by atoms with Crippen LogP contribution >= 0.6 is 11.8 Å². The largest absolute Gasteiger partial charge is 0.344 e. The molecule has 0 radical (unpaired) electrons. The predicted octanol–water partition coefficient (Wildman–Crippen LogP) is 3.96. The van der Waals surface area contributed by atoms with E-state index in [1.54, 1.807) is 0 Å². The van der Waals surface area contributed by atoms with Crippen molar-refractivity contribution in [1.29, 1.82) is 0 Å². The second kappa shape index (κ2) is 8.76. The van der Waals surface area contributed by atoms with Gasteiger partial charge in [-0.05, 0) is 44.7 Å². The molecular weight excluding hydrogens is 456 g/mol. The fourth-order valence-corrected chi connectivity index (χ4v) is 7.30. The van der Waals surface area contributed by atoms with Gasteiger partial charge >= 0.3 is 0 Å². The molecule has 1 aliphatic heterocycles. The van der Waals surface area contributed by atoms with Crippen molar-refractivity contribution in [2.24, 2.45) is 0 Å². The standard InChI is InChI=1S/C24H28N4O3S2/c1-16-12-21(17(2)28(16)20-10-11-33(30,31)15-20)22(29)14-32-24-26-25-23(19-8-9-19)27(24)13-18-6-4-3-5-7-18/h3-7,12,19-20H,8-11,13-15H2,1-2H3. The molecule has 3 heterocycles. The number of aryl methyl sites for hydroxylation is 1. The van der Waals surface area contributed by atoms with Gasteiger partial charge in [-0.2, -0.15) is 0 Å². The molecule has 2 fully saturated rings. The molecule has 174 valence electrons. The number of aromatic nitrogens is 4. The van der Waals surface area contributed by atoms with Crippen LogP contribution in [0.25, 0.3) is 0 Å². The lowest BCUT2D eigenvalue weighted by molar-refractivity contribution is 0.102. The number of hydrogen-bond donors (Lipinski definition) is 0. The van der Waals surface area contributed by atoms with Gasteiger partial charge in [-0.15, -0.1) is 10.2 Å². The molecule has 0 bridgehead atoms. The first kappa shape index (κ1) is 22.4. The minimum absolute atomic E-state index is 0.0300. The van der Waals surface area contributed by atoms with Gasteiger partial charge in [0.2, 0.25) is 0 Å². The maximum absolute atomic E-state index is 13.2. The molecule has 2 aliphatic rings. The number of ketones is 1. The summed E-state index contributed by atoms with van der Waals surface area (Å²) in [4.78, 5) is 13.2. The number of thioether (sulfide) groups is 1. The summed E-state index contributed by atoms with van der Waals surface area (Å²) < 4.78 is 28.1. The van der Waals surface area contributed by atoms with Crippen molar-refractivity contribution in [3.8, 4) is 0 Å². The summed E-state index contributed by atoms with van der Waals surface area (Å²) in [6, 6.07) is 12.1. The van der Waals surface area contributed by atoms with Crippen LogP contribution in [-0.2, 0) is 16.4 Å². The molecule has 0 amide bonds. The van der Waals surface area contributed by atoms with Gasteiger partial charge in [0.1, 0.15) is 5.82 Å². The Morgan fingerprint density at radius 2 is 1.88 bits per heavy atom. The molecule has 2 aromatic heterocycles. The Hall–Kier alpha value is -2.39. The van der Waals surface area contributed by atoms with Gasteiger partial charge in [0.25, 0.3) is 0 Å². The molecule has 1 unspecified atom stereocenters. The van der Waals surface area contributed by atoms with Crippen LogP contribution in [0.4, 0.5) is 0 Å². The van der Waals surface area contributed by atoms with Gasteiger partial charge in [0.05, 0.1) is 23.8 Å². The molecule has 5 rings (SSSR count). The highest BCUT2D eigenvalue weighted by Crippen LogP contribution is 2.40. The van der Waals surface area contributed by atoms with Crippen molar-refractivity contribution in [2.75, 3.05) is 17.3 Å². The molecule has 1 aliphatic carbocycles. The van der Waals surface area contributed by atoms with E-state index in [-0.39, 0.29) is 29.1 Å². The van der Waals surface area contributed by atoms with Crippen molar-refractivity contribution in [1.82, 2.24) is 19.3 Å². The van der Waals surface area contributed by atoms with Crippen molar-refractivity contribution >= 4 is 27.4 Å². The van der Waals surface area contributed by atoms with E-state index in [2.05, 4.69) is 26.9 Å². The van der Waals surface area contributed by atoms with Gasteiger partial charge in [0.15, 0.2) is 20.8 Å². The topological polar surface area (TPSA) is 86.8 Å². The number of sulfone groups is 1. The van der Waals surface area contributed by atoms with E-state index in [0.717, 1.165) is 35.2 Å². The zero-order valence-electron chi connectivity index (χ0n) is 18.9. The Balaban J connectivity index is 1.33. The fourth-order valence-electron chi connectivity index (χ4n) is 4.77. The Labute approximate surface area is 198 Å². The molecule has 0 spiro atoms. The highest BCUT2D eigenvalue weighted by Gasteiger charge is 2.32. The third kappa shape index (κ3) is 4.66. The van der Waals surface area contributed by atoms with Crippen LogP contribution in [-0.4, -0.2) is 50.8 Å². The molecule has 7 nitrogen and oxygen atoms in total. The fraction of sp³-hybridized carbons (Fsp3) is 0.458. The SMILES string of the molecule is Cc1cc(C(=O)CSc2nnc(C3CC3)n2Cc2ccccc2)c(C)n1C1CCS(=O)(=O)C1. The number of carbonyl (C=O) groups excluding carboxylic acids is 1. The van der Waals surface area contributed by atoms with E-state index < -0.39 is 9.84 Å². The predicted molar refractivity (Wildman–Crippen MR) is 129 cm³/mol. The summed E-state index contributed by atoms with van der Waals surface area (Å²) >= 11 is 1.43. The smallest absolute Gasteiger partial charge is 0.191 e. The average molecular weight is 485 g/mol. The summed E-state index contributed by atoms with van der Waals surface area (Å²) in [5.41, 5.74) is 3.64. The molecule has 0 N–H and O–H groups in total. The summed E-state index contributed by atoms with van der Waals surface area (Å²) in [5.74, 6) is 2.14. The highest BCUT2D eigenvalue weighted by atomic mass is 32.2. The second-order valence-corrected chi connectivity index (χ2v) is 12.3. The average Bonchev–Trinajstić information content (AvgIpc) is 3.36. The van der Waals surface area contributed by atoms with Crippen molar-refractivity contribution in [3.05, 3.63) is 64.7 Å². The molecule has 1 saturated heterocycles. The zero-order chi connectivity index (χ0) is 23.2. The van der Waals surface area contributed by atoms with E-state index >= 15 is 0 Å². The van der Waals surface area contributed by atoms with E-state index in [1.165, 1.54) is 17.3 Å². The van der Waals surface area contributed by atoms with Crippen LogP contribution in [0.1, 0.15) is 64.4 Å². The van der Waals surface area contributed by atoms with Gasteiger partial charge in [-0.25, -0.2) is 8.42 Å². The first-order valence-electron chi connectivity index (χ1n) is 11.3. The van der Waals surface area contributed by atoms with Gasteiger partial charge in [-0.1, -0.05) is 42.1 Å². The molecule has 1 saturated carbocycles. The van der Waals surface area contributed by atoms with E-state index in [9.17, 15) is 13.2 Å². The zero-order valence-corrected chi connectivity index (χ0v) is 20.5. The Bertz CT molecular complexity index is 1290. The van der Waals surface area contributed by atoms with Crippen LogP contribution in [0.15, 0.2) is 41.6 Å². The van der Waals surface area contributed by atoms with E-state index in [0.29, 0.717) is 24.4 Å². The van der Waals surface area contributed by atoms with Crippen LogP contribution < -0.4 is 0 Å². The Morgan fingerprint density at radius 3 is 2.55 bits per heavy atom. The lowest BCUT2D eigenvalue weighted by atomic mass is 10.2. The van der Waals surface area contributed by atoms with Crippen molar-refractivity contribution in [3.63, 3.8) is 0 Å². The first-order valence-corrected chi connectivity index (χ1v) is 14.1. The second-order valence-electron chi connectivity index (χ2n) is 9.11. The molecule has 9 heteroatoms. The van der Waals surface area contributed by atoms with Crippen molar-refractivity contribution in [2.45, 2.75) is 56.8 Å². The monoisotopic (exact) mass is 484 g/mol. The van der Waals surface area contributed by atoms with Gasteiger partial charge in [0, 0.05) is 28.9 Å².